The number of nitrogens with zero attached hydrogens (tertiary/aromatic N) is 1. The minimum absolute atomic E-state index is 0.0781. The Morgan fingerprint density at radius 3 is 2.38 bits per heavy atom. The topological polar surface area (TPSA) is 77.1 Å². The number of rotatable bonds is 5. The van der Waals surface area contributed by atoms with Crippen LogP contribution in [0.3, 0.4) is 0 Å². The van der Waals surface area contributed by atoms with Gasteiger partial charge in [0, 0.05) is 13.1 Å². The van der Waals surface area contributed by atoms with Crippen LogP contribution < -0.4 is 14.8 Å². The number of anilines is 1. The van der Waals surface area contributed by atoms with Gasteiger partial charge in [0.25, 0.3) is 5.91 Å². The summed E-state index contributed by atoms with van der Waals surface area (Å²) in [6.07, 6.45) is -5.04. The minimum Gasteiger partial charge on any atom is -0.495 e. The number of halogens is 3. The van der Waals surface area contributed by atoms with Gasteiger partial charge in [-0.15, -0.1) is 0 Å². The Hall–Kier alpha value is -3.43. The molecule has 2 aromatic carbocycles. The smallest absolute Gasteiger partial charge is 0.416 e. The zero-order valence-electron chi connectivity index (χ0n) is 15.4. The third kappa shape index (κ3) is 4.53. The van der Waals surface area contributed by atoms with Gasteiger partial charge in [0.2, 0.25) is 0 Å². The third-order valence-electron chi connectivity index (χ3n) is 4.27. The maximum atomic E-state index is 12.7. The Morgan fingerprint density at radius 2 is 1.83 bits per heavy atom. The Kier molecular flexibility index (Phi) is 5.53. The van der Waals surface area contributed by atoms with E-state index < -0.39 is 29.8 Å². The fourth-order valence-corrected chi connectivity index (χ4v) is 2.65. The number of benzene rings is 2. The molecule has 1 atom stereocenters. The average Bonchev–Trinajstić information content (AvgIpc) is 3.00. The van der Waals surface area contributed by atoms with Crippen molar-refractivity contribution in [1.29, 1.82) is 0 Å². The summed E-state index contributed by atoms with van der Waals surface area (Å²) < 4.78 is 53.6. The van der Waals surface area contributed by atoms with Gasteiger partial charge in [-0.1, -0.05) is 0 Å². The Balaban J connectivity index is 1.76. The fraction of sp³-hybridized carbons (Fsp3) is 0.263. The molecule has 0 aromatic heterocycles. The molecule has 0 spiro atoms. The average molecular weight is 410 g/mol. The highest BCUT2D eigenvalue weighted by atomic mass is 19.4. The number of methoxy groups -OCH3 is 1. The van der Waals surface area contributed by atoms with Crippen molar-refractivity contribution in [3.05, 3.63) is 48.0 Å². The second kappa shape index (κ2) is 7.90. The summed E-state index contributed by atoms with van der Waals surface area (Å²) in [7, 11) is 2.86. The van der Waals surface area contributed by atoms with Crippen LogP contribution in [0.4, 0.5) is 23.7 Å². The van der Waals surface area contributed by atoms with E-state index in [9.17, 15) is 22.8 Å². The zero-order chi connectivity index (χ0) is 21.2. The van der Waals surface area contributed by atoms with Crippen molar-refractivity contribution in [2.24, 2.45) is 0 Å². The molecule has 1 saturated heterocycles. The van der Waals surface area contributed by atoms with Crippen LogP contribution in [-0.4, -0.2) is 43.7 Å². The number of ether oxygens (including phenoxy) is 3. The lowest BCUT2D eigenvalue weighted by Gasteiger charge is -2.17. The maximum absolute atomic E-state index is 12.7. The van der Waals surface area contributed by atoms with E-state index in [1.807, 2.05) is 0 Å². The third-order valence-corrected chi connectivity index (χ3v) is 4.27. The molecule has 2 amide bonds. The molecule has 10 heteroatoms. The second-order valence-corrected chi connectivity index (χ2v) is 6.18. The van der Waals surface area contributed by atoms with Gasteiger partial charge in [0.05, 0.1) is 18.4 Å². The summed E-state index contributed by atoms with van der Waals surface area (Å²) in [5, 5.41) is 2.64. The monoisotopic (exact) mass is 410 g/mol. The summed E-state index contributed by atoms with van der Waals surface area (Å²) in [5.74, 6) is 0.317. The molecule has 29 heavy (non-hydrogen) atoms. The van der Waals surface area contributed by atoms with E-state index in [1.165, 1.54) is 43.3 Å². The second-order valence-electron chi connectivity index (χ2n) is 6.18. The summed E-state index contributed by atoms with van der Waals surface area (Å²) in [6.45, 7) is -0.0781. The predicted octanol–water partition coefficient (Wildman–Crippen LogP) is 3.90. The maximum Gasteiger partial charge on any atom is 0.416 e. The molecule has 0 saturated carbocycles. The summed E-state index contributed by atoms with van der Waals surface area (Å²) in [4.78, 5) is 25.0. The standard InChI is InChI=1S/C19H17F3N2O5/c1-24-15(10-28-18(24)26)17(25)23-14-9-13(7-8-16(14)27-2)29-12-5-3-11(4-6-12)19(20,21)22/h3-9,15H,10H2,1-2H3,(H,23,25)/t15-/m1/s1. The Morgan fingerprint density at radius 1 is 1.17 bits per heavy atom. The Bertz CT molecular complexity index is 915. The van der Waals surface area contributed by atoms with Crippen LogP contribution in [0.2, 0.25) is 0 Å². The summed E-state index contributed by atoms with van der Waals surface area (Å²) >= 11 is 0. The Labute approximate surface area is 164 Å². The molecule has 1 aliphatic rings. The first-order valence-corrected chi connectivity index (χ1v) is 8.42. The molecule has 2 aromatic rings. The van der Waals surface area contributed by atoms with Gasteiger partial charge in [0.15, 0.2) is 0 Å². The van der Waals surface area contributed by atoms with Crippen LogP contribution in [0, 0.1) is 0 Å². The molecule has 1 N–H and O–H groups in total. The molecule has 0 radical (unpaired) electrons. The molecule has 7 nitrogen and oxygen atoms in total. The van der Waals surface area contributed by atoms with Crippen molar-refractivity contribution >= 4 is 17.7 Å². The fourth-order valence-electron chi connectivity index (χ4n) is 2.65. The van der Waals surface area contributed by atoms with Crippen LogP contribution in [0.25, 0.3) is 0 Å². The number of alkyl halides is 3. The van der Waals surface area contributed by atoms with Crippen LogP contribution >= 0.6 is 0 Å². The van der Waals surface area contributed by atoms with Crippen molar-refractivity contribution < 1.29 is 37.0 Å². The van der Waals surface area contributed by atoms with Gasteiger partial charge in [-0.05, 0) is 36.4 Å². The highest BCUT2D eigenvalue weighted by Gasteiger charge is 2.35. The normalized spacial score (nSPS) is 16.4. The summed E-state index contributed by atoms with van der Waals surface area (Å²) in [6, 6.07) is 7.96. The molecule has 3 rings (SSSR count). The van der Waals surface area contributed by atoms with Crippen LogP contribution in [0.15, 0.2) is 42.5 Å². The van der Waals surface area contributed by atoms with E-state index >= 15 is 0 Å². The molecular weight excluding hydrogens is 393 g/mol. The number of hydrogen-bond donors (Lipinski definition) is 1. The lowest BCUT2D eigenvalue weighted by Crippen LogP contribution is -2.40. The quantitative estimate of drug-likeness (QED) is 0.809. The molecule has 0 aliphatic carbocycles. The van der Waals surface area contributed by atoms with E-state index in [0.717, 1.165) is 12.1 Å². The first-order valence-electron chi connectivity index (χ1n) is 8.42. The number of nitrogens with one attached hydrogen (secondary N) is 1. The van der Waals surface area contributed by atoms with Gasteiger partial charge in [-0.25, -0.2) is 4.79 Å². The van der Waals surface area contributed by atoms with Gasteiger partial charge < -0.3 is 19.5 Å². The van der Waals surface area contributed by atoms with Gasteiger partial charge >= 0.3 is 12.3 Å². The molecule has 1 heterocycles. The SMILES string of the molecule is COc1ccc(Oc2ccc(C(F)(F)F)cc2)cc1NC(=O)[C@H]1COC(=O)N1C. The van der Waals surface area contributed by atoms with Crippen LogP contribution in [0.1, 0.15) is 5.56 Å². The number of cyclic esters (lactones) is 1. The lowest BCUT2D eigenvalue weighted by molar-refractivity contribution is -0.137. The van der Waals surface area contributed by atoms with Gasteiger partial charge in [-0.3, -0.25) is 9.69 Å². The van der Waals surface area contributed by atoms with E-state index in [4.69, 9.17) is 14.2 Å². The van der Waals surface area contributed by atoms with Gasteiger partial charge in [0.1, 0.15) is 29.9 Å². The molecule has 1 fully saturated rings. The summed E-state index contributed by atoms with van der Waals surface area (Å²) in [5.41, 5.74) is -0.514. The van der Waals surface area contributed by atoms with E-state index in [2.05, 4.69) is 5.32 Å². The number of hydrogen-bond acceptors (Lipinski definition) is 5. The van der Waals surface area contributed by atoms with Crippen LogP contribution in [-0.2, 0) is 15.7 Å². The number of carbonyl (C=O) groups excluding carboxylic acids is 2. The number of likely N-dealkylation sites (N-methyl/N-ethyl adjacent to an activating group) is 1. The first kappa shape index (κ1) is 20.3. The van der Waals surface area contributed by atoms with Crippen molar-refractivity contribution in [1.82, 2.24) is 4.90 Å². The molecule has 1 aliphatic heterocycles. The number of carbonyl (C=O) groups is 2. The zero-order valence-corrected chi connectivity index (χ0v) is 15.4. The highest BCUT2D eigenvalue weighted by Crippen LogP contribution is 2.34. The van der Waals surface area contributed by atoms with Gasteiger partial charge in [-0.2, -0.15) is 13.2 Å². The van der Waals surface area contributed by atoms with Crippen molar-refractivity contribution in [2.45, 2.75) is 12.2 Å². The molecular formula is C19H17F3N2O5. The minimum atomic E-state index is -4.44. The van der Waals surface area contributed by atoms with E-state index in [-0.39, 0.29) is 23.8 Å². The predicted molar refractivity (Wildman–Crippen MR) is 96.0 cm³/mol. The van der Waals surface area contributed by atoms with Crippen LogP contribution in [0.5, 0.6) is 17.2 Å². The van der Waals surface area contributed by atoms with Crippen molar-refractivity contribution in [3.8, 4) is 17.2 Å². The largest absolute Gasteiger partial charge is 0.495 e. The molecule has 154 valence electrons. The van der Waals surface area contributed by atoms with E-state index in [0.29, 0.717) is 5.75 Å². The molecule has 0 bridgehead atoms. The van der Waals surface area contributed by atoms with Crippen molar-refractivity contribution in [2.75, 3.05) is 26.1 Å². The van der Waals surface area contributed by atoms with Crippen molar-refractivity contribution in [3.63, 3.8) is 0 Å². The molecule has 0 unspecified atom stereocenters. The number of amides is 2. The highest BCUT2D eigenvalue weighted by molar-refractivity contribution is 5.98. The lowest BCUT2D eigenvalue weighted by atomic mass is 10.2. The van der Waals surface area contributed by atoms with E-state index in [1.54, 1.807) is 6.07 Å². The first-order chi connectivity index (χ1) is 13.7.